The third-order valence-electron chi connectivity index (χ3n) is 5.12. The van der Waals surface area contributed by atoms with E-state index in [0.717, 1.165) is 41.7 Å². The van der Waals surface area contributed by atoms with Crippen LogP contribution in [0.15, 0.2) is 59.5 Å². The second-order valence-corrected chi connectivity index (χ2v) is 8.88. The molecule has 0 aliphatic carbocycles. The second kappa shape index (κ2) is 7.37. The van der Waals surface area contributed by atoms with Crippen LogP contribution in [0.3, 0.4) is 0 Å². The Balaban J connectivity index is 1.58. The second-order valence-electron chi connectivity index (χ2n) is 7.85. The van der Waals surface area contributed by atoms with Crippen LogP contribution in [0.1, 0.15) is 24.4 Å². The lowest BCUT2D eigenvalue weighted by Gasteiger charge is -2.38. The molecule has 0 radical (unpaired) electrons. The molecule has 1 aliphatic heterocycles. The van der Waals surface area contributed by atoms with Crippen molar-refractivity contribution in [2.75, 3.05) is 19.6 Å². The number of hydrogen-bond acceptors (Lipinski definition) is 4. The van der Waals surface area contributed by atoms with Gasteiger partial charge in [-0.2, -0.15) is 0 Å². The van der Waals surface area contributed by atoms with Gasteiger partial charge in [0.05, 0.1) is 11.2 Å². The Morgan fingerprint density at radius 2 is 2.00 bits per heavy atom. The van der Waals surface area contributed by atoms with Gasteiger partial charge in [0.15, 0.2) is 5.78 Å². The Kier molecular flexibility index (Phi) is 4.94. The number of piperidine rings is 1. The number of likely N-dealkylation sites (tertiary alicyclic amines) is 1. The van der Waals surface area contributed by atoms with E-state index >= 15 is 0 Å². The van der Waals surface area contributed by atoms with E-state index in [1.54, 1.807) is 11.3 Å². The van der Waals surface area contributed by atoms with E-state index in [9.17, 15) is 4.79 Å². The van der Waals surface area contributed by atoms with E-state index in [-0.39, 0.29) is 11.2 Å². The molecular formula is C23H24N2OS. The lowest BCUT2D eigenvalue weighted by atomic mass is 9.79. The molecule has 138 valence electrons. The Bertz CT molecular complexity index is 989. The molecule has 3 nitrogen and oxygen atoms in total. The van der Waals surface area contributed by atoms with Gasteiger partial charge < -0.3 is 0 Å². The van der Waals surface area contributed by atoms with Crippen LogP contribution in [0, 0.1) is 5.41 Å². The molecule has 1 aliphatic rings. The smallest absolute Gasteiger partial charge is 0.167 e. The van der Waals surface area contributed by atoms with E-state index in [4.69, 9.17) is 4.98 Å². The third-order valence-corrected chi connectivity index (χ3v) is 6.05. The number of para-hydroxylation sites is 1. The van der Waals surface area contributed by atoms with Crippen LogP contribution in [-0.4, -0.2) is 35.3 Å². The van der Waals surface area contributed by atoms with Crippen molar-refractivity contribution in [1.82, 2.24) is 9.88 Å². The molecule has 1 fully saturated rings. The van der Waals surface area contributed by atoms with Gasteiger partial charge in [-0.05, 0) is 36.1 Å². The molecule has 4 rings (SSSR count). The zero-order valence-electron chi connectivity index (χ0n) is 15.8. The van der Waals surface area contributed by atoms with Crippen molar-refractivity contribution in [3.63, 3.8) is 0 Å². The quantitative estimate of drug-likeness (QED) is 0.611. The minimum atomic E-state index is -0.365. The average molecular weight is 377 g/mol. The average Bonchev–Trinajstić information content (AvgIpc) is 3.17. The molecular weight excluding hydrogens is 352 g/mol. The van der Waals surface area contributed by atoms with Crippen LogP contribution in [0.4, 0.5) is 0 Å². The predicted molar refractivity (Wildman–Crippen MR) is 113 cm³/mol. The maximum atomic E-state index is 13.0. The summed E-state index contributed by atoms with van der Waals surface area (Å²) < 4.78 is 0. The number of benzene rings is 1. The molecule has 2 aromatic heterocycles. The topological polar surface area (TPSA) is 33.2 Å². The minimum Gasteiger partial charge on any atom is -0.298 e. The van der Waals surface area contributed by atoms with E-state index in [0.29, 0.717) is 6.54 Å². The third kappa shape index (κ3) is 4.02. The van der Waals surface area contributed by atoms with Crippen LogP contribution in [-0.2, 0) is 11.2 Å². The molecule has 0 amide bonds. The molecule has 0 atom stereocenters. The molecule has 4 heteroatoms. The van der Waals surface area contributed by atoms with Gasteiger partial charge in [0.1, 0.15) is 0 Å². The highest BCUT2D eigenvalue weighted by molar-refractivity contribution is 7.09. The summed E-state index contributed by atoms with van der Waals surface area (Å²) in [6.07, 6.45) is 3.01. The largest absolute Gasteiger partial charge is 0.298 e. The number of Topliss-reactive ketones (excluding diaryl/α,β-unsaturated/α-hetero) is 1. The van der Waals surface area contributed by atoms with E-state index < -0.39 is 0 Å². The van der Waals surface area contributed by atoms with Crippen molar-refractivity contribution in [3.05, 3.63) is 70.1 Å². The molecule has 0 bridgehead atoms. The van der Waals surface area contributed by atoms with Gasteiger partial charge in [0.2, 0.25) is 0 Å². The summed E-state index contributed by atoms with van der Waals surface area (Å²) in [7, 11) is 0. The molecule has 3 heterocycles. The van der Waals surface area contributed by atoms with Gasteiger partial charge >= 0.3 is 0 Å². The van der Waals surface area contributed by atoms with Gasteiger partial charge in [0.25, 0.3) is 0 Å². The first kappa shape index (κ1) is 18.1. The number of ketones is 1. The van der Waals surface area contributed by atoms with Crippen LogP contribution >= 0.6 is 11.3 Å². The normalized spacial score (nSPS) is 19.0. The number of rotatable bonds is 4. The van der Waals surface area contributed by atoms with Crippen LogP contribution in [0.2, 0.25) is 0 Å². The molecule has 1 saturated heterocycles. The fraction of sp³-hybridized carbons (Fsp3) is 0.304. The summed E-state index contributed by atoms with van der Waals surface area (Å²) in [5.74, 6) is 0.241. The molecule has 0 saturated carbocycles. The number of fused-ring (bicyclic) bond motifs is 1. The first-order valence-corrected chi connectivity index (χ1v) is 10.3. The zero-order chi connectivity index (χ0) is 18.9. The Labute approximate surface area is 164 Å². The lowest BCUT2D eigenvalue weighted by molar-refractivity contribution is -0.126. The number of nitrogens with zero attached hydrogens (tertiary/aromatic N) is 2. The number of thiophene rings is 1. The molecule has 27 heavy (non-hydrogen) atoms. The summed E-state index contributed by atoms with van der Waals surface area (Å²) in [6.45, 7) is 6.57. The van der Waals surface area contributed by atoms with Gasteiger partial charge in [-0.3, -0.25) is 9.69 Å². The van der Waals surface area contributed by atoms with E-state index in [2.05, 4.69) is 34.5 Å². The van der Waals surface area contributed by atoms with Crippen molar-refractivity contribution in [2.45, 2.75) is 20.3 Å². The molecule has 0 N–H and O–H groups in total. The van der Waals surface area contributed by atoms with Crippen molar-refractivity contribution >= 4 is 34.1 Å². The molecule has 0 spiro atoms. The lowest BCUT2D eigenvalue weighted by Crippen LogP contribution is -2.48. The molecule has 0 unspecified atom stereocenters. The van der Waals surface area contributed by atoms with Crippen molar-refractivity contribution < 1.29 is 4.79 Å². The van der Waals surface area contributed by atoms with Crippen LogP contribution in [0.5, 0.6) is 0 Å². The van der Waals surface area contributed by atoms with Gasteiger partial charge in [-0.25, -0.2) is 4.98 Å². The summed E-state index contributed by atoms with van der Waals surface area (Å²) in [6, 6.07) is 16.4. The summed E-state index contributed by atoms with van der Waals surface area (Å²) >= 11 is 1.80. The predicted octanol–water partition coefficient (Wildman–Crippen LogP) is 4.83. The van der Waals surface area contributed by atoms with E-state index in [1.807, 2.05) is 44.2 Å². The van der Waals surface area contributed by atoms with Gasteiger partial charge in [-0.15, -0.1) is 11.3 Å². The summed E-state index contributed by atoms with van der Waals surface area (Å²) in [5.41, 5.74) is 2.31. The van der Waals surface area contributed by atoms with Crippen LogP contribution < -0.4 is 0 Å². The first-order valence-electron chi connectivity index (χ1n) is 9.37. The summed E-state index contributed by atoms with van der Waals surface area (Å²) in [4.78, 5) is 21.5. The maximum Gasteiger partial charge on any atom is 0.167 e. The van der Waals surface area contributed by atoms with Gasteiger partial charge in [0, 0.05) is 40.9 Å². The highest BCUT2D eigenvalue weighted by Crippen LogP contribution is 2.30. The monoisotopic (exact) mass is 376 g/mol. The fourth-order valence-electron chi connectivity index (χ4n) is 3.77. The highest BCUT2D eigenvalue weighted by Gasteiger charge is 2.37. The highest BCUT2D eigenvalue weighted by atomic mass is 32.1. The number of pyridine rings is 1. The van der Waals surface area contributed by atoms with Crippen molar-refractivity contribution in [2.24, 2.45) is 5.41 Å². The van der Waals surface area contributed by atoms with Gasteiger partial charge in [-0.1, -0.05) is 44.2 Å². The number of carbonyl (C=O) groups excluding carboxylic acids is 1. The molecule has 1 aromatic carbocycles. The molecule has 3 aromatic rings. The minimum absolute atomic E-state index is 0.241. The van der Waals surface area contributed by atoms with Crippen molar-refractivity contribution in [1.29, 1.82) is 0 Å². The first-order chi connectivity index (χ1) is 13.0. The van der Waals surface area contributed by atoms with E-state index in [1.165, 1.54) is 4.88 Å². The standard InChI is InChI=1S/C23H24N2OS/c1-23(2)16-25(12-11-20-7-5-13-27-20)15-18(22(23)26)14-19-10-9-17-6-3-4-8-21(17)24-19/h3-10,13-14H,11-12,15-16H2,1-2H3. The van der Waals surface area contributed by atoms with Crippen molar-refractivity contribution in [3.8, 4) is 0 Å². The van der Waals surface area contributed by atoms with Crippen LogP contribution in [0.25, 0.3) is 17.0 Å². The number of aromatic nitrogens is 1. The fourth-order valence-corrected chi connectivity index (χ4v) is 4.47. The maximum absolute atomic E-state index is 13.0. The Morgan fingerprint density at radius 3 is 2.81 bits per heavy atom. The Hall–Kier alpha value is -2.30. The Morgan fingerprint density at radius 1 is 1.15 bits per heavy atom. The zero-order valence-corrected chi connectivity index (χ0v) is 16.6. The number of carbonyl (C=O) groups is 1. The SMILES string of the molecule is CC1(C)CN(CCc2cccs2)CC(=Cc2ccc3ccccc3n2)C1=O. The number of hydrogen-bond donors (Lipinski definition) is 0. The summed E-state index contributed by atoms with van der Waals surface area (Å²) in [5, 5.41) is 3.24.